The molecule has 5 heteroatoms. The maximum Gasteiger partial charge on any atom is 0.419 e. The van der Waals surface area contributed by atoms with E-state index in [2.05, 4.69) is 0 Å². The lowest BCUT2D eigenvalue weighted by Crippen LogP contribution is -2.23. The van der Waals surface area contributed by atoms with Gasteiger partial charge in [-0.2, -0.15) is 13.2 Å². The minimum absolute atomic E-state index is 0.00535. The van der Waals surface area contributed by atoms with Crippen LogP contribution in [0.25, 0.3) is 0 Å². The van der Waals surface area contributed by atoms with Crippen LogP contribution in [0.5, 0.6) is 0 Å². The molecule has 1 aliphatic carbocycles. The maximum absolute atomic E-state index is 13.2. The van der Waals surface area contributed by atoms with Crippen molar-refractivity contribution < 1.29 is 17.6 Å². The van der Waals surface area contributed by atoms with Crippen molar-refractivity contribution in [3.8, 4) is 0 Å². The molecule has 94 valence electrons. The fourth-order valence-corrected chi connectivity index (χ4v) is 1.89. The average molecular weight is 247 g/mol. The van der Waals surface area contributed by atoms with E-state index in [1.165, 1.54) is 12.1 Å². The number of rotatable bonds is 3. The zero-order valence-corrected chi connectivity index (χ0v) is 9.15. The van der Waals surface area contributed by atoms with Crippen LogP contribution in [-0.4, -0.2) is 5.54 Å². The summed E-state index contributed by atoms with van der Waals surface area (Å²) in [5.41, 5.74) is 4.34. The Bertz CT molecular complexity index is 421. The number of halogens is 4. The fourth-order valence-electron chi connectivity index (χ4n) is 1.89. The Kier molecular flexibility index (Phi) is 2.89. The minimum atomic E-state index is -4.65. The van der Waals surface area contributed by atoms with Crippen molar-refractivity contribution >= 4 is 0 Å². The van der Waals surface area contributed by atoms with E-state index in [1.807, 2.05) is 0 Å². The van der Waals surface area contributed by atoms with E-state index < -0.39 is 17.6 Å². The molecule has 2 rings (SSSR count). The smallest absolute Gasteiger partial charge is 0.325 e. The molecule has 0 saturated heterocycles. The molecule has 1 nitrogen and oxygen atoms in total. The van der Waals surface area contributed by atoms with Crippen molar-refractivity contribution in [3.05, 3.63) is 35.1 Å². The van der Waals surface area contributed by atoms with E-state index in [9.17, 15) is 17.6 Å². The number of alkyl halides is 3. The third-order valence-electron chi connectivity index (χ3n) is 3.17. The molecule has 0 unspecified atom stereocenters. The van der Waals surface area contributed by atoms with Crippen molar-refractivity contribution in [2.45, 2.75) is 37.4 Å². The SMILES string of the molecule is NC1(CCc2cccc(F)c2C(F)(F)F)CC1. The third-order valence-corrected chi connectivity index (χ3v) is 3.17. The third kappa shape index (κ3) is 2.77. The minimum Gasteiger partial charge on any atom is -0.325 e. The zero-order chi connectivity index (χ0) is 12.7. The Balaban J connectivity index is 2.23. The van der Waals surface area contributed by atoms with Gasteiger partial charge in [0.25, 0.3) is 0 Å². The summed E-state index contributed by atoms with van der Waals surface area (Å²) in [5, 5.41) is 0. The van der Waals surface area contributed by atoms with E-state index in [0.29, 0.717) is 6.42 Å². The zero-order valence-electron chi connectivity index (χ0n) is 9.15. The highest BCUT2D eigenvalue weighted by Crippen LogP contribution is 2.39. The highest BCUT2D eigenvalue weighted by molar-refractivity contribution is 5.31. The van der Waals surface area contributed by atoms with Gasteiger partial charge >= 0.3 is 6.18 Å². The molecule has 1 aromatic rings. The van der Waals surface area contributed by atoms with Gasteiger partial charge in [-0.3, -0.25) is 0 Å². The van der Waals surface area contributed by atoms with E-state index in [0.717, 1.165) is 18.9 Å². The highest BCUT2D eigenvalue weighted by Gasteiger charge is 2.40. The van der Waals surface area contributed by atoms with Gasteiger partial charge < -0.3 is 5.73 Å². The molecular weight excluding hydrogens is 234 g/mol. The van der Waals surface area contributed by atoms with Gasteiger partial charge in [-0.05, 0) is 37.3 Å². The first-order valence-corrected chi connectivity index (χ1v) is 5.45. The van der Waals surface area contributed by atoms with Crippen LogP contribution in [0.3, 0.4) is 0 Å². The van der Waals surface area contributed by atoms with Crippen molar-refractivity contribution in [2.24, 2.45) is 5.73 Å². The molecule has 0 bridgehead atoms. The Hall–Kier alpha value is -1.10. The summed E-state index contributed by atoms with van der Waals surface area (Å²) in [6, 6.07) is 3.45. The van der Waals surface area contributed by atoms with Crippen molar-refractivity contribution in [3.63, 3.8) is 0 Å². The van der Waals surface area contributed by atoms with Crippen molar-refractivity contribution in [1.29, 1.82) is 0 Å². The average Bonchev–Trinajstić information content (AvgIpc) is 2.92. The number of hydrogen-bond donors (Lipinski definition) is 1. The normalized spacial score (nSPS) is 18.2. The summed E-state index contributed by atoms with van der Waals surface area (Å²) in [5.74, 6) is -1.21. The molecule has 0 amide bonds. The maximum atomic E-state index is 13.2. The molecule has 0 radical (unpaired) electrons. The van der Waals surface area contributed by atoms with Crippen molar-refractivity contribution in [2.75, 3.05) is 0 Å². The van der Waals surface area contributed by atoms with Gasteiger partial charge in [0, 0.05) is 5.54 Å². The molecule has 0 heterocycles. The second kappa shape index (κ2) is 3.98. The van der Waals surface area contributed by atoms with E-state index >= 15 is 0 Å². The van der Waals surface area contributed by atoms with Gasteiger partial charge in [-0.1, -0.05) is 12.1 Å². The van der Waals surface area contributed by atoms with E-state index in [-0.39, 0.29) is 17.5 Å². The highest BCUT2D eigenvalue weighted by atomic mass is 19.4. The molecule has 0 aliphatic heterocycles. The molecule has 2 N–H and O–H groups in total. The molecule has 0 aromatic heterocycles. The van der Waals surface area contributed by atoms with Gasteiger partial charge in [0.2, 0.25) is 0 Å². The molecule has 1 saturated carbocycles. The van der Waals surface area contributed by atoms with Crippen LogP contribution in [0.2, 0.25) is 0 Å². The van der Waals surface area contributed by atoms with Crippen LogP contribution in [0.1, 0.15) is 30.4 Å². The lowest BCUT2D eigenvalue weighted by molar-refractivity contribution is -0.140. The number of aryl methyl sites for hydroxylation is 1. The standard InChI is InChI=1S/C12H13F4N/c13-9-3-1-2-8(10(9)12(14,15)16)4-5-11(17)6-7-11/h1-3H,4-7,17H2. The van der Waals surface area contributed by atoms with E-state index in [1.54, 1.807) is 0 Å². The van der Waals surface area contributed by atoms with Crippen LogP contribution >= 0.6 is 0 Å². The van der Waals surface area contributed by atoms with Gasteiger partial charge in [-0.25, -0.2) is 4.39 Å². The first kappa shape index (κ1) is 12.4. The van der Waals surface area contributed by atoms with Crippen LogP contribution in [0.15, 0.2) is 18.2 Å². The Morgan fingerprint density at radius 2 is 1.88 bits per heavy atom. The summed E-state index contributed by atoms with van der Waals surface area (Å²) in [4.78, 5) is 0. The lowest BCUT2D eigenvalue weighted by atomic mass is 9.98. The largest absolute Gasteiger partial charge is 0.419 e. The monoisotopic (exact) mass is 247 g/mol. The van der Waals surface area contributed by atoms with Gasteiger partial charge in [0.15, 0.2) is 0 Å². The Labute approximate surface area is 96.6 Å². The van der Waals surface area contributed by atoms with Crippen molar-refractivity contribution in [1.82, 2.24) is 0 Å². The Morgan fingerprint density at radius 3 is 2.41 bits per heavy atom. The fraction of sp³-hybridized carbons (Fsp3) is 0.500. The van der Waals surface area contributed by atoms with Crippen LogP contribution in [0.4, 0.5) is 17.6 Å². The second-order valence-electron chi connectivity index (χ2n) is 4.63. The number of nitrogens with two attached hydrogens (primary N) is 1. The molecule has 1 fully saturated rings. The summed E-state index contributed by atoms with van der Waals surface area (Å²) in [6.45, 7) is 0. The first-order chi connectivity index (χ1) is 7.82. The van der Waals surface area contributed by atoms with Crippen LogP contribution in [0, 0.1) is 5.82 Å². The van der Waals surface area contributed by atoms with Gasteiger partial charge in [-0.15, -0.1) is 0 Å². The topological polar surface area (TPSA) is 26.0 Å². The Morgan fingerprint density at radius 1 is 1.24 bits per heavy atom. The summed E-state index contributed by atoms with van der Waals surface area (Å²) in [7, 11) is 0. The first-order valence-electron chi connectivity index (χ1n) is 5.45. The van der Waals surface area contributed by atoms with E-state index in [4.69, 9.17) is 5.73 Å². The number of benzene rings is 1. The van der Waals surface area contributed by atoms with Crippen LogP contribution < -0.4 is 5.73 Å². The molecule has 0 spiro atoms. The quantitative estimate of drug-likeness (QED) is 0.815. The summed E-state index contributed by atoms with van der Waals surface area (Å²) >= 11 is 0. The van der Waals surface area contributed by atoms with Crippen LogP contribution in [-0.2, 0) is 12.6 Å². The molecule has 17 heavy (non-hydrogen) atoms. The van der Waals surface area contributed by atoms with Gasteiger partial charge in [0.05, 0.1) is 5.56 Å². The predicted octanol–water partition coefficient (Wildman–Crippen LogP) is 3.27. The predicted molar refractivity (Wildman–Crippen MR) is 55.9 cm³/mol. The molecule has 1 aliphatic rings. The van der Waals surface area contributed by atoms with Gasteiger partial charge in [0.1, 0.15) is 5.82 Å². The molecular formula is C12H13F4N. The summed E-state index contributed by atoms with van der Waals surface area (Å²) in [6.07, 6.45) is -2.33. The lowest BCUT2D eigenvalue weighted by Gasteiger charge is -2.15. The number of hydrogen-bond acceptors (Lipinski definition) is 1. The summed E-state index contributed by atoms with van der Waals surface area (Å²) < 4.78 is 51.3. The second-order valence-corrected chi connectivity index (χ2v) is 4.63. The molecule has 0 atom stereocenters. The molecule has 1 aromatic carbocycles.